The zero-order valence-corrected chi connectivity index (χ0v) is 9.12. The van der Waals surface area contributed by atoms with Crippen LogP contribution in [-0.4, -0.2) is 17.9 Å². The minimum absolute atomic E-state index is 0.0669. The second-order valence-electron chi connectivity index (χ2n) is 3.46. The Morgan fingerprint density at radius 1 is 1.53 bits per heavy atom. The zero-order valence-electron chi connectivity index (χ0n) is 9.12. The molecule has 0 saturated carbocycles. The number of pyridine rings is 1. The molecule has 3 heteroatoms. The fourth-order valence-corrected chi connectivity index (χ4v) is 1.23. The lowest BCUT2D eigenvalue weighted by molar-refractivity contribution is 0.0979. The Hall–Kier alpha value is -1.64. The first-order valence-corrected chi connectivity index (χ1v) is 4.80. The van der Waals surface area contributed by atoms with E-state index >= 15 is 0 Å². The Labute approximate surface area is 89.8 Å². The predicted octanol–water partition coefficient (Wildman–Crippen LogP) is 2.63. The van der Waals surface area contributed by atoms with E-state index in [-0.39, 0.29) is 5.78 Å². The van der Waals surface area contributed by atoms with Crippen LogP contribution in [0, 0.1) is 0 Å². The van der Waals surface area contributed by atoms with E-state index in [0.29, 0.717) is 24.2 Å². The molecule has 3 nitrogen and oxygen atoms in total. The summed E-state index contributed by atoms with van der Waals surface area (Å²) in [6.07, 6.45) is 4.32. The number of ether oxygens (including phenoxy) is 1. The molecule has 0 fully saturated rings. The van der Waals surface area contributed by atoms with Crippen LogP contribution in [0.4, 0.5) is 0 Å². The van der Waals surface area contributed by atoms with Crippen molar-refractivity contribution in [2.75, 3.05) is 7.11 Å². The topological polar surface area (TPSA) is 39.2 Å². The first-order valence-electron chi connectivity index (χ1n) is 4.80. The van der Waals surface area contributed by atoms with Crippen LogP contribution in [-0.2, 0) is 0 Å². The van der Waals surface area contributed by atoms with Gasteiger partial charge in [0.1, 0.15) is 5.75 Å². The van der Waals surface area contributed by atoms with Gasteiger partial charge in [0.05, 0.1) is 18.9 Å². The van der Waals surface area contributed by atoms with Gasteiger partial charge < -0.3 is 4.74 Å². The van der Waals surface area contributed by atoms with Gasteiger partial charge in [0, 0.05) is 12.6 Å². The number of hydrogen-bond donors (Lipinski definition) is 0. The van der Waals surface area contributed by atoms with Gasteiger partial charge in [0.25, 0.3) is 0 Å². The molecule has 0 amide bonds. The summed E-state index contributed by atoms with van der Waals surface area (Å²) in [6.45, 7) is 5.68. The Balaban J connectivity index is 2.77. The van der Waals surface area contributed by atoms with E-state index in [0.717, 1.165) is 5.57 Å². The molecular weight excluding hydrogens is 190 g/mol. The Kier molecular flexibility index (Phi) is 4.03. The van der Waals surface area contributed by atoms with E-state index in [9.17, 15) is 4.79 Å². The molecule has 0 unspecified atom stereocenters. The van der Waals surface area contributed by atoms with Gasteiger partial charge in [0.2, 0.25) is 0 Å². The van der Waals surface area contributed by atoms with Gasteiger partial charge in [-0.05, 0) is 19.4 Å². The van der Waals surface area contributed by atoms with Gasteiger partial charge in [-0.2, -0.15) is 0 Å². The van der Waals surface area contributed by atoms with Crippen molar-refractivity contribution in [1.29, 1.82) is 0 Å². The molecular formula is C12H15NO2. The number of nitrogens with zero attached hydrogens (tertiary/aromatic N) is 1. The number of carbonyl (C=O) groups is 1. The third-order valence-corrected chi connectivity index (χ3v) is 2.08. The molecule has 0 bridgehead atoms. The van der Waals surface area contributed by atoms with Gasteiger partial charge in [-0.25, -0.2) is 0 Å². The SMILES string of the molecule is C=C(C)CCC(=O)c1ccncc1OC. The van der Waals surface area contributed by atoms with Crippen LogP contribution >= 0.6 is 0 Å². The third kappa shape index (κ3) is 3.20. The highest BCUT2D eigenvalue weighted by atomic mass is 16.5. The first-order chi connectivity index (χ1) is 7.15. The second-order valence-corrected chi connectivity index (χ2v) is 3.46. The Morgan fingerprint density at radius 2 is 2.27 bits per heavy atom. The minimum Gasteiger partial charge on any atom is -0.494 e. The molecule has 0 atom stereocenters. The summed E-state index contributed by atoms with van der Waals surface area (Å²) in [5, 5.41) is 0. The third-order valence-electron chi connectivity index (χ3n) is 2.08. The summed E-state index contributed by atoms with van der Waals surface area (Å²) in [5.74, 6) is 0.599. The summed E-state index contributed by atoms with van der Waals surface area (Å²) < 4.78 is 5.07. The molecule has 1 rings (SSSR count). The summed E-state index contributed by atoms with van der Waals surface area (Å²) in [7, 11) is 1.53. The highest BCUT2D eigenvalue weighted by Gasteiger charge is 2.11. The predicted molar refractivity (Wildman–Crippen MR) is 59.2 cm³/mol. The average molecular weight is 205 g/mol. The molecule has 1 heterocycles. The molecule has 80 valence electrons. The first kappa shape index (κ1) is 11.4. The number of carbonyl (C=O) groups excluding carboxylic acids is 1. The molecule has 0 aliphatic carbocycles. The van der Waals surface area contributed by atoms with Crippen LogP contribution in [0.2, 0.25) is 0 Å². The van der Waals surface area contributed by atoms with Crippen LogP contribution in [0.25, 0.3) is 0 Å². The molecule has 0 aliphatic rings. The van der Waals surface area contributed by atoms with Crippen LogP contribution in [0.15, 0.2) is 30.6 Å². The number of aromatic nitrogens is 1. The molecule has 0 N–H and O–H groups in total. The molecule has 0 aromatic carbocycles. The van der Waals surface area contributed by atoms with E-state index in [4.69, 9.17) is 4.74 Å². The number of methoxy groups -OCH3 is 1. The number of rotatable bonds is 5. The van der Waals surface area contributed by atoms with Crippen LogP contribution in [0.1, 0.15) is 30.1 Å². The highest BCUT2D eigenvalue weighted by Crippen LogP contribution is 2.18. The molecule has 1 aromatic heterocycles. The van der Waals surface area contributed by atoms with Crippen molar-refractivity contribution in [2.24, 2.45) is 0 Å². The standard InChI is InChI=1S/C12H15NO2/c1-9(2)4-5-11(14)10-6-7-13-8-12(10)15-3/h6-8H,1,4-5H2,2-3H3. The van der Waals surface area contributed by atoms with Crippen molar-refractivity contribution < 1.29 is 9.53 Å². The summed E-state index contributed by atoms with van der Waals surface area (Å²) in [6, 6.07) is 1.68. The maximum atomic E-state index is 11.8. The van der Waals surface area contributed by atoms with E-state index < -0.39 is 0 Å². The van der Waals surface area contributed by atoms with Crippen molar-refractivity contribution in [2.45, 2.75) is 19.8 Å². The van der Waals surface area contributed by atoms with Crippen molar-refractivity contribution in [3.05, 3.63) is 36.2 Å². The number of hydrogen-bond acceptors (Lipinski definition) is 3. The summed E-state index contributed by atoms with van der Waals surface area (Å²) >= 11 is 0. The van der Waals surface area contributed by atoms with Gasteiger partial charge >= 0.3 is 0 Å². The molecule has 1 aromatic rings. The molecule has 15 heavy (non-hydrogen) atoms. The van der Waals surface area contributed by atoms with Crippen LogP contribution in [0.3, 0.4) is 0 Å². The lowest BCUT2D eigenvalue weighted by Gasteiger charge is -2.06. The number of ketones is 1. The summed E-state index contributed by atoms with van der Waals surface area (Å²) in [5.41, 5.74) is 1.60. The van der Waals surface area contributed by atoms with Gasteiger partial charge in [0.15, 0.2) is 5.78 Å². The zero-order chi connectivity index (χ0) is 11.3. The van der Waals surface area contributed by atoms with E-state index in [1.165, 1.54) is 7.11 Å². The summed E-state index contributed by atoms with van der Waals surface area (Å²) in [4.78, 5) is 15.7. The number of allylic oxidation sites excluding steroid dienone is 1. The average Bonchev–Trinajstić information content (AvgIpc) is 2.25. The van der Waals surface area contributed by atoms with Crippen molar-refractivity contribution in [1.82, 2.24) is 4.98 Å². The smallest absolute Gasteiger partial charge is 0.167 e. The van der Waals surface area contributed by atoms with Crippen molar-refractivity contribution in [3.63, 3.8) is 0 Å². The second kappa shape index (κ2) is 5.29. The molecule has 0 spiro atoms. The largest absolute Gasteiger partial charge is 0.494 e. The van der Waals surface area contributed by atoms with Crippen molar-refractivity contribution in [3.8, 4) is 5.75 Å². The van der Waals surface area contributed by atoms with Crippen LogP contribution in [0.5, 0.6) is 5.75 Å². The quantitative estimate of drug-likeness (QED) is 0.548. The van der Waals surface area contributed by atoms with E-state index in [1.54, 1.807) is 18.5 Å². The van der Waals surface area contributed by atoms with Crippen molar-refractivity contribution >= 4 is 5.78 Å². The van der Waals surface area contributed by atoms with Crippen LogP contribution < -0.4 is 4.74 Å². The van der Waals surface area contributed by atoms with Gasteiger partial charge in [-0.15, -0.1) is 6.58 Å². The fraction of sp³-hybridized carbons (Fsp3) is 0.333. The minimum atomic E-state index is 0.0669. The lowest BCUT2D eigenvalue weighted by Crippen LogP contribution is -2.02. The molecule has 0 saturated heterocycles. The van der Waals surface area contributed by atoms with Gasteiger partial charge in [-0.1, -0.05) is 5.57 Å². The monoisotopic (exact) mass is 205 g/mol. The highest BCUT2D eigenvalue weighted by molar-refractivity contribution is 5.98. The maximum Gasteiger partial charge on any atom is 0.167 e. The fourth-order valence-electron chi connectivity index (χ4n) is 1.23. The van der Waals surface area contributed by atoms with E-state index in [1.807, 2.05) is 6.92 Å². The lowest BCUT2D eigenvalue weighted by atomic mass is 10.0. The maximum absolute atomic E-state index is 11.8. The number of Topliss-reactive ketones (excluding diaryl/α,β-unsaturated/α-hetero) is 1. The molecule has 0 aliphatic heterocycles. The van der Waals surface area contributed by atoms with E-state index in [2.05, 4.69) is 11.6 Å². The Bertz CT molecular complexity index is 372. The normalized spacial score (nSPS) is 9.73. The molecule has 0 radical (unpaired) electrons. The Morgan fingerprint density at radius 3 is 2.87 bits per heavy atom. The van der Waals surface area contributed by atoms with Gasteiger partial charge in [-0.3, -0.25) is 9.78 Å².